The van der Waals surface area contributed by atoms with Gasteiger partial charge in [-0.1, -0.05) is 29.8 Å². The van der Waals surface area contributed by atoms with Crippen LogP contribution < -0.4 is 5.32 Å². The van der Waals surface area contributed by atoms with E-state index in [0.29, 0.717) is 6.04 Å². The monoisotopic (exact) mass is 227 g/mol. The summed E-state index contributed by atoms with van der Waals surface area (Å²) in [4.78, 5) is 0. The summed E-state index contributed by atoms with van der Waals surface area (Å²) in [5, 5.41) is 3.64. The molecule has 2 heteroatoms. The summed E-state index contributed by atoms with van der Waals surface area (Å²) in [6, 6.07) is 11.5. The van der Waals surface area contributed by atoms with Crippen molar-refractivity contribution in [2.45, 2.75) is 32.4 Å². The van der Waals surface area contributed by atoms with Crippen molar-refractivity contribution >= 4 is 0 Å². The summed E-state index contributed by atoms with van der Waals surface area (Å²) < 4.78 is 5.57. The van der Waals surface area contributed by atoms with Crippen molar-refractivity contribution in [1.29, 1.82) is 0 Å². The lowest BCUT2D eigenvalue weighted by Crippen LogP contribution is -2.37. The van der Waals surface area contributed by atoms with E-state index in [2.05, 4.69) is 49.5 Å². The molecule has 3 rings (SSSR count). The van der Waals surface area contributed by atoms with Gasteiger partial charge in [0.2, 0.25) is 0 Å². The number of furan rings is 1. The first-order valence-electron chi connectivity index (χ1n) is 6.13. The van der Waals surface area contributed by atoms with Crippen LogP contribution in [-0.4, -0.2) is 6.04 Å². The fourth-order valence-electron chi connectivity index (χ4n) is 2.61. The normalized spacial score (nSPS) is 23.4. The second kappa shape index (κ2) is 4.04. The van der Waals surface area contributed by atoms with Crippen LogP contribution in [0.1, 0.15) is 35.4 Å². The van der Waals surface area contributed by atoms with Gasteiger partial charge in [0.25, 0.3) is 0 Å². The highest BCUT2D eigenvalue weighted by molar-refractivity contribution is 5.37. The van der Waals surface area contributed by atoms with Crippen molar-refractivity contribution in [3.05, 3.63) is 59.0 Å². The van der Waals surface area contributed by atoms with Crippen LogP contribution in [0.5, 0.6) is 0 Å². The number of hydrogen-bond donors (Lipinski definition) is 1. The van der Waals surface area contributed by atoms with E-state index in [9.17, 15) is 0 Å². The van der Waals surface area contributed by atoms with Gasteiger partial charge in [-0.25, -0.2) is 0 Å². The summed E-state index contributed by atoms with van der Waals surface area (Å²) in [7, 11) is 0. The molecule has 0 fully saturated rings. The van der Waals surface area contributed by atoms with E-state index >= 15 is 0 Å². The first kappa shape index (κ1) is 10.6. The Morgan fingerprint density at radius 1 is 1.29 bits per heavy atom. The Hall–Kier alpha value is -1.54. The summed E-state index contributed by atoms with van der Waals surface area (Å²) >= 11 is 0. The van der Waals surface area contributed by atoms with E-state index in [1.165, 1.54) is 16.7 Å². The molecule has 2 unspecified atom stereocenters. The molecule has 1 aromatic carbocycles. The van der Waals surface area contributed by atoms with Crippen LogP contribution in [0.25, 0.3) is 0 Å². The molecular weight excluding hydrogens is 210 g/mol. The molecule has 0 spiro atoms. The number of rotatable bonds is 1. The van der Waals surface area contributed by atoms with Gasteiger partial charge in [-0.2, -0.15) is 0 Å². The van der Waals surface area contributed by atoms with Crippen LogP contribution in [0.3, 0.4) is 0 Å². The molecule has 17 heavy (non-hydrogen) atoms. The number of benzene rings is 1. The molecule has 1 aliphatic heterocycles. The number of aryl methyl sites for hydroxylation is 1. The molecule has 2 aromatic rings. The molecule has 0 aliphatic carbocycles. The highest BCUT2D eigenvalue weighted by atomic mass is 16.3. The summed E-state index contributed by atoms with van der Waals surface area (Å²) in [5.74, 6) is 1.13. The van der Waals surface area contributed by atoms with E-state index in [4.69, 9.17) is 4.42 Å². The minimum atomic E-state index is 0.271. The van der Waals surface area contributed by atoms with Crippen molar-refractivity contribution in [3.8, 4) is 0 Å². The van der Waals surface area contributed by atoms with Crippen LogP contribution in [0.4, 0.5) is 0 Å². The molecule has 1 N–H and O–H groups in total. The van der Waals surface area contributed by atoms with Gasteiger partial charge in [0.05, 0.1) is 12.3 Å². The Bertz CT molecular complexity index is 529. The van der Waals surface area contributed by atoms with Crippen LogP contribution >= 0.6 is 0 Å². The summed E-state index contributed by atoms with van der Waals surface area (Å²) in [6.07, 6.45) is 2.78. The Morgan fingerprint density at radius 3 is 3.00 bits per heavy atom. The lowest BCUT2D eigenvalue weighted by molar-refractivity contribution is 0.400. The molecule has 88 valence electrons. The van der Waals surface area contributed by atoms with Crippen LogP contribution in [0.15, 0.2) is 41.0 Å². The Labute approximate surface area is 102 Å². The molecule has 0 amide bonds. The van der Waals surface area contributed by atoms with Crippen molar-refractivity contribution in [1.82, 2.24) is 5.32 Å². The molecule has 2 heterocycles. The number of nitrogens with one attached hydrogen (secondary N) is 1. The second-order valence-electron chi connectivity index (χ2n) is 4.92. The molecule has 0 saturated carbocycles. The van der Waals surface area contributed by atoms with Gasteiger partial charge < -0.3 is 9.73 Å². The van der Waals surface area contributed by atoms with E-state index < -0.39 is 0 Å². The highest BCUT2D eigenvalue weighted by Gasteiger charge is 2.27. The first-order valence-corrected chi connectivity index (χ1v) is 6.13. The van der Waals surface area contributed by atoms with E-state index in [1.54, 1.807) is 6.26 Å². The lowest BCUT2D eigenvalue weighted by Gasteiger charge is -2.28. The minimum absolute atomic E-state index is 0.271. The average Bonchev–Trinajstić information content (AvgIpc) is 2.75. The molecule has 1 aliphatic rings. The molecule has 2 atom stereocenters. The maximum Gasteiger partial charge on any atom is 0.110 e. The van der Waals surface area contributed by atoms with Crippen molar-refractivity contribution in [2.75, 3.05) is 0 Å². The van der Waals surface area contributed by atoms with Gasteiger partial charge in [-0.3, -0.25) is 0 Å². The van der Waals surface area contributed by atoms with Gasteiger partial charge in [-0.05, 0) is 25.5 Å². The number of fused-ring (bicyclic) bond motifs is 1. The molecule has 1 aromatic heterocycles. The maximum absolute atomic E-state index is 5.57. The van der Waals surface area contributed by atoms with Crippen LogP contribution in [-0.2, 0) is 6.42 Å². The van der Waals surface area contributed by atoms with E-state index in [1.807, 2.05) is 0 Å². The topological polar surface area (TPSA) is 25.2 Å². The third kappa shape index (κ3) is 1.89. The van der Waals surface area contributed by atoms with Crippen molar-refractivity contribution in [3.63, 3.8) is 0 Å². The molecule has 0 radical (unpaired) electrons. The minimum Gasteiger partial charge on any atom is -0.469 e. The predicted octanol–water partition coefficient (Wildman–Crippen LogP) is 3.21. The fourth-order valence-corrected chi connectivity index (χ4v) is 2.61. The predicted molar refractivity (Wildman–Crippen MR) is 68.0 cm³/mol. The van der Waals surface area contributed by atoms with E-state index in [-0.39, 0.29) is 6.04 Å². The van der Waals surface area contributed by atoms with Gasteiger partial charge >= 0.3 is 0 Å². The van der Waals surface area contributed by atoms with Crippen molar-refractivity contribution in [2.24, 2.45) is 0 Å². The van der Waals surface area contributed by atoms with Crippen LogP contribution in [0, 0.1) is 6.92 Å². The number of hydrogen-bond acceptors (Lipinski definition) is 2. The third-order valence-corrected chi connectivity index (χ3v) is 3.41. The fraction of sp³-hybridized carbons (Fsp3) is 0.333. The van der Waals surface area contributed by atoms with Crippen molar-refractivity contribution < 1.29 is 4.42 Å². The van der Waals surface area contributed by atoms with E-state index in [0.717, 1.165) is 12.2 Å². The smallest absolute Gasteiger partial charge is 0.110 e. The standard InChI is InChI=1S/C15H17NO/c1-10-4-3-5-12(8-10)15-13-6-7-17-14(13)9-11(2)16-15/h3-8,11,15-16H,9H2,1-2H3. The molecule has 0 saturated heterocycles. The SMILES string of the molecule is Cc1cccc(C2NC(C)Cc3occc32)c1. The maximum atomic E-state index is 5.57. The largest absolute Gasteiger partial charge is 0.469 e. The third-order valence-electron chi connectivity index (χ3n) is 3.41. The van der Waals surface area contributed by atoms with Crippen LogP contribution in [0.2, 0.25) is 0 Å². The average molecular weight is 227 g/mol. The lowest BCUT2D eigenvalue weighted by atomic mass is 9.91. The van der Waals surface area contributed by atoms with Gasteiger partial charge in [0, 0.05) is 18.0 Å². The zero-order valence-electron chi connectivity index (χ0n) is 10.2. The quantitative estimate of drug-likeness (QED) is 0.809. The summed E-state index contributed by atoms with van der Waals surface area (Å²) in [5.41, 5.74) is 3.90. The Morgan fingerprint density at radius 2 is 2.18 bits per heavy atom. The molecule has 0 bridgehead atoms. The van der Waals surface area contributed by atoms with Gasteiger partial charge in [-0.15, -0.1) is 0 Å². The first-order chi connectivity index (χ1) is 8.24. The highest BCUT2D eigenvalue weighted by Crippen LogP contribution is 2.31. The molecular formula is C15H17NO. The second-order valence-corrected chi connectivity index (χ2v) is 4.92. The Balaban J connectivity index is 2.05. The van der Waals surface area contributed by atoms with Gasteiger partial charge in [0.1, 0.15) is 5.76 Å². The zero-order valence-corrected chi connectivity index (χ0v) is 10.2. The zero-order chi connectivity index (χ0) is 11.8. The Kier molecular flexibility index (Phi) is 2.52. The van der Waals surface area contributed by atoms with Gasteiger partial charge in [0.15, 0.2) is 0 Å². The molecule has 2 nitrogen and oxygen atoms in total. The summed E-state index contributed by atoms with van der Waals surface area (Å²) in [6.45, 7) is 4.33.